The van der Waals surface area contributed by atoms with Crippen LogP contribution in [0.1, 0.15) is 42.9 Å². The number of amides is 1. The maximum Gasteiger partial charge on any atom is 0.226 e. The SMILES string of the molecule is Cc1cc(N2C(=S)N[C@H](c3ccccn3)[C@H]2c2cccn2-c2ccc3ccccc3c2)ccc1NC(=O)C(C)C. The molecule has 1 saturated heterocycles. The molecule has 1 aliphatic heterocycles. The molecule has 6 rings (SSSR count). The fourth-order valence-electron chi connectivity index (χ4n) is 5.35. The summed E-state index contributed by atoms with van der Waals surface area (Å²) in [6.45, 7) is 5.79. The van der Waals surface area contributed by atoms with Crippen LogP contribution in [-0.4, -0.2) is 20.6 Å². The summed E-state index contributed by atoms with van der Waals surface area (Å²) < 4.78 is 2.24. The smallest absolute Gasteiger partial charge is 0.226 e. The third kappa shape index (κ3) is 4.73. The maximum atomic E-state index is 12.4. The topological polar surface area (TPSA) is 62.2 Å². The van der Waals surface area contributed by atoms with Gasteiger partial charge in [-0.05, 0) is 90.1 Å². The number of thiocarbonyl (C=S) groups is 1. The Kier molecular flexibility index (Phi) is 6.82. The number of carbonyl (C=O) groups is 1. The molecule has 2 aromatic heterocycles. The molecule has 0 radical (unpaired) electrons. The second kappa shape index (κ2) is 10.6. The number of anilines is 2. The molecule has 40 heavy (non-hydrogen) atoms. The van der Waals surface area contributed by atoms with Crippen LogP contribution in [0.2, 0.25) is 0 Å². The molecule has 2 N–H and O–H groups in total. The van der Waals surface area contributed by atoms with Crippen molar-refractivity contribution < 1.29 is 4.79 Å². The number of aromatic nitrogens is 2. The number of aryl methyl sites for hydroxylation is 1. The van der Waals surface area contributed by atoms with Gasteiger partial charge in [0.05, 0.1) is 11.7 Å². The van der Waals surface area contributed by atoms with Crippen LogP contribution in [0, 0.1) is 12.8 Å². The van der Waals surface area contributed by atoms with Gasteiger partial charge in [0.25, 0.3) is 0 Å². The lowest BCUT2D eigenvalue weighted by atomic mass is 10.00. The molecule has 0 saturated carbocycles. The number of carbonyl (C=O) groups excluding carboxylic acids is 1. The van der Waals surface area contributed by atoms with Gasteiger partial charge >= 0.3 is 0 Å². The lowest BCUT2D eigenvalue weighted by Gasteiger charge is -2.29. The number of benzene rings is 3. The average Bonchev–Trinajstić information content (AvgIpc) is 3.58. The molecular formula is C33H31N5OS. The summed E-state index contributed by atoms with van der Waals surface area (Å²) in [6.07, 6.45) is 3.92. The molecule has 1 amide bonds. The van der Waals surface area contributed by atoms with Crippen molar-refractivity contribution in [2.24, 2.45) is 5.92 Å². The second-order valence-electron chi connectivity index (χ2n) is 10.5. The van der Waals surface area contributed by atoms with E-state index in [9.17, 15) is 4.79 Å². The molecule has 3 heterocycles. The normalized spacial score (nSPS) is 16.9. The van der Waals surface area contributed by atoms with Gasteiger partial charge in [0, 0.05) is 41.1 Å². The molecule has 0 spiro atoms. The van der Waals surface area contributed by atoms with Crippen molar-refractivity contribution in [3.63, 3.8) is 0 Å². The lowest BCUT2D eigenvalue weighted by Crippen LogP contribution is -2.30. The van der Waals surface area contributed by atoms with Crippen LogP contribution >= 0.6 is 12.2 Å². The van der Waals surface area contributed by atoms with Crippen molar-refractivity contribution >= 4 is 45.4 Å². The minimum absolute atomic E-state index is 0.00415. The summed E-state index contributed by atoms with van der Waals surface area (Å²) >= 11 is 5.96. The summed E-state index contributed by atoms with van der Waals surface area (Å²) in [7, 11) is 0. The number of fused-ring (bicyclic) bond motifs is 1. The predicted octanol–water partition coefficient (Wildman–Crippen LogP) is 7.11. The molecule has 7 heteroatoms. The van der Waals surface area contributed by atoms with Gasteiger partial charge in [-0.3, -0.25) is 9.78 Å². The van der Waals surface area contributed by atoms with E-state index < -0.39 is 0 Å². The van der Waals surface area contributed by atoms with E-state index in [1.807, 2.05) is 57.3 Å². The van der Waals surface area contributed by atoms with E-state index in [-0.39, 0.29) is 23.9 Å². The first-order valence-corrected chi connectivity index (χ1v) is 13.9. The van der Waals surface area contributed by atoms with E-state index in [4.69, 9.17) is 17.2 Å². The van der Waals surface area contributed by atoms with E-state index in [1.165, 1.54) is 10.8 Å². The van der Waals surface area contributed by atoms with Gasteiger partial charge in [0.15, 0.2) is 5.11 Å². The minimum atomic E-state index is -0.167. The average molecular weight is 546 g/mol. The molecular weight excluding hydrogens is 514 g/mol. The Morgan fingerprint density at radius 2 is 1.70 bits per heavy atom. The largest absolute Gasteiger partial charge is 0.351 e. The molecule has 1 aliphatic rings. The van der Waals surface area contributed by atoms with E-state index in [2.05, 4.69) is 87.0 Å². The van der Waals surface area contributed by atoms with Gasteiger partial charge in [0.1, 0.15) is 6.04 Å². The van der Waals surface area contributed by atoms with Crippen LogP contribution in [0.25, 0.3) is 16.5 Å². The summed E-state index contributed by atoms with van der Waals surface area (Å²) in [6, 6.07) is 30.9. The zero-order valence-corrected chi connectivity index (χ0v) is 23.5. The quantitative estimate of drug-likeness (QED) is 0.223. The Bertz CT molecular complexity index is 1710. The Labute approximate surface area is 239 Å². The van der Waals surface area contributed by atoms with Crippen molar-refractivity contribution in [2.45, 2.75) is 32.9 Å². The van der Waals surface area contributed by atoms with Crippen LogP contribution < -0.4 is 15.5 Å². The van der Waals surface area contributed by atoms with Gasteiger partial charge in [-0.1, -0.05) is 50.2 Å². The Balaban J connectivity index is 1.45. The van der Waals surface area contributed by atoms with E-state index in [1.54, 1.807) is 0 Å². The summed E-state index contributed by atoms with van der Waals surface area (Å²) in [4.78, 5) is 19.2. The monoisotopic (exact) mass is 545 g/mol. The molecule has 0 unspecified atom stereocenters. The van der Waals surface area contributed by atoms with Crippen molar-refractivity contribution in [3.8, 4) is 5.69 Å². The first kappa shape index (κ1) is 25.8. The van der Waals surface area contributed by atoms with Gasteiger partial charge < -0.3 is 20.1 Å². The van der Waals surface area contributed by atoms with Crippen molar-refractivity contribution in [1.29, 1.82) is 0 Å². The predicted molar refractivity (Wildman–Crippen MR) is 166 cm³/mol. The molecule has 5 aromatic rings. The zero-order valence-electron chi connectivity index (χ0n) is 22.7. The summed E-state index contributed by atoms with van der Waals surface area (Å²) in [5.74, 6) is -0.101. The highest BCUT2D eigenvalue weighted by molar-refractivity contribution is 7.80. The van der Waals surface area contributed by atoms with E-state index in [0.29, 0.717) is 5.11 Å². The van der Waals surface area contributed by atoms with Gasteiger partial charge in [-0.15, -0.1) is 0 Å². The van der Waals surface area contributed by atoms with Crippen LogP contribution in [0.5, 0.6) is 0 Å². The standard InChI is InChI=1S/C33H31N5OS/c1-21(2)32(39)35-27-16-15-26(19-22(27)3)38-31(30(36-33(38)40)28-11-6-7-17-34-28)29-12-8-18-37(29)25-14-13-23-9-4-5-10-24(23)20-25/h4-21,30-31H,1-3H3,(H,35,39)(H,36,40)/t30-,31-/m1/s1. The zero-order chi connectivity index (χ0) is 27.8. The molecule has 0 aliphatic carbocycles. The molecule has 6 nitrogen and oxygen atoms in total. The fraction of sp³-hybridized carbons (Fsp3) is 0.182. The Hall–Kier alpha value is -4.49. The number of nitrogens with zero attached hydrogens (tertiary/aromatic N) is 3. The number of hydrogen-bond acceptors (Lipinski definition) is 3. The summed E-state index contributed by atoms with van der Waals surface area (Å²) in [5, 5.41) is 9.62. The highest BCUT2D eigenvalue weighted by atomic mass is 32.1. The Morgan fingerprint density at radius 1 is 0.925 bits per heavy atom. The highest BCUT2D eigenvalue weighted by Gasteiger charge is 2.42. The van der Waals surface area contributed by atoms with Crippen LogP contribution in [0.15, 0.2) is 103 Å². The van der Waals surface area contributed by atoms with Crippen molar-refractivity contribution in [2.75, 3.05) is 10.2 Å². The van der Waals surface area contributed by atoms with E-state index in [0.717, 1.165) is 34.0 Å². The van der Waals surface area contributed by atoms with Crippen LogP contribution in [-0.2, 0) is 4.79 Å². The molecule has 0 bridgehead atoms. The fourth-order valence-corrected chi connectivity index (χ4v) is 5.69. The molecule has 2 atom stereocenters. The number of pyridine rings is 1. The maximum absolute atomic E-state index is 12.4. The lowest BCUT2D eigenvalue weighted by molar-refractivity contribution is -0.118. The first-order valence-electron chi connectivity index (χ1n) is 13.5. The summed E-state index contributed by atoms with van der Waals surface area (Å²) in [5.41, 5.74) is 5.82. The van der Waals surface area contributed by atoms with Crippen molar-refractivity contribution in [3.05, 3.63) is 120 Å². The van der Waals surface area contributed by atoms with Crippen LogP contribution in [0.3, 0.4) is 0 Å². The second-order valence-corrected chi connectivity index (χ2v) is 10.9. The molecule has 200 valence electrons. The third-order valence-electron chi connectivity index (χ3n) is 7.46. The van der Waals surface area contributed by atoms with E-state index >= 15 is 0 Å². The first-order chi connectivity index (χ1) is 19.4. The molecule has 1 fully saturated rings. The third-order valence-corrected chi connectivity index (χ3v) is 7.78. The highest BCUT2D eigenvalue weighted by Crippen LogP contribution is 2.43. The number of hydrogen-bond donors (Lipinski definition) is 2. The van der Waals surface area contributed by atoms with Gasteiger partial charge in [0.2, 0.25) is 5.91 Å². The number of rotatable bonds is 6. The minimum Gasteiger partial charge on any atom is -0.351 e. The van der Waals surface area contributed by atoms with Gasteiger partial charge in [-0.25, -0.2) is 0 Å². The van der Waals surface area contributed by atoms with Crippen molar-refractivity contribution in [1.82, 2.24) is 14.9 Å². The number of nitrogens with one attached hydrogen (secondary N) is 2. The van der Waals surface area contributed by atoms with Gasteiger partial charge in [-0.2, -0.15) is 0 Å². The van der Waals surface area contributed by atoms with Crippen LogP contribution in [0.4, 0.5) is 11.4 Å². The molecule has 3 aromatic carbocycles. The Morgan fingerprint density at radius 3 is 2.45 bits per heavy atom.